The third-order valence-corrected chi connectivity index (χ3v) is 4.60. The summed E-state index contributed by atoms with van der Waals surface area (Å²) in [5.74, 6) is -0.00127. The van der Waals surface area contributed by atoms with Gasteiger partial charge < -0.3 is 15.0 Å². The van der Waals surface area contributed by atoms with E-state index >= 15 is 0 Å². The smallest absolute Gasteiger partial charge is 0.262 e. The first-order chi connectivity index (χ1) is 12.6. The van der Waals surface area contributed by atoms with Gasteiger partial charge in [0, 0.05) is 13.7 Å². The van der Waals surface area contributed by atoms with Gasteiger partial charge in [0.05, 0.1) is 24.2 Å². The van der Waals surface area contributed by atoms with E-state index in [0.717, 1.165) is 11.3 Å². The number of carbonyl (C=O) groups is 1. The number of hydrogen-bond acceptors (Lipinski definition) is 6. The van der Waals surface area contributed by atoms with Gasteiger partial charge in [0.1, 0.15) is 5.39 Å². The van der Waals surface area contributed by atoms with Crippen molar-refractivity contribution in [2.45, 2.75) is 12.1 Å². The number of aromatic amines is 1. The molecule has 1 aromatic carbocycles. The molecule has 2 aromatic heterocycles. The maximum atomic E-state index is 12.3. The molecule has 0 atom stereocenters. The van der Waals surface area contributed by atoms with Crippen molar-refractivity contribution in [3.63, 3.8) is 0 Å². The van der Waals surface area contributed by atoms with Gasteiger partial charge in [0.25, 0.3) is 5.56 Å². The van der Waals surface area contributed by atoms with Gasteiger partial charge in [-0.15, -0.1) is 0 Å². The highest BCUT2D eigenvalue weighted by Crippen LogP contribution is 2.19. The summed E-state index contributed by atoms with van der Waals surface area (Å²) in [6, 6.07) is 7.73. The molecule has 0 radical (unpaired) electrons. The van der Waals surface area contributed by atoms with Gasteiger partial charge >= 0.3 is 0 Å². The van der Waals surface area contributed by atoms with Gasteiger partial charge in [-0.25, -0.2) is 9.67 Å². The molecule has 0 aliphatic carbocycles. The molecule has 0 aliphatic heterocycles. The number of carbonyl (C=O) groups excluding carboxylic acids is 1. The van der Waals surface area contributed by atoms with E-state index in [1.165, 1.54) is 18.0 Å². The predicted molar refractivity (Wildman–Crippen MR) is 99.8 cm³/mol. The monoisotopic (exact) mass is 373 g/mol. The van der Waals surface area contributed by atoms with Crippen molar-refractivity contribution in [2.24, 2.45) is 0 Å². The number of methoxy groups -OCH3 is 1. The Morgan fingerprint density at radius 3 is 2.96 bits per heavy atom. The third-order valence-electron chi connectivity index (χ3n) is 3.73. The van der Waals surface area contributed by atoms with Crippen LogP contribution in [0, 0.1) is 6.92 Å². The third kappa shape index (κ3) is 3.94. The average Bonchev–Trinajstić information content (AvgIpc) is 3.05. The lowest BCUT2D eigenvalue weighted by atomic mass is 10.2. The number of benzene rings is 1. The van der Waals surface area contributed by atoms with Crippen LogP contribution in [-0.2, 0) is 9.53 Å². The molecule has 0 saturated carbocycles. The number of hydrogen-bond donors (Lipinski definition) is 2. The van der Waals surface area contributed by atoms with E-state index in [1.807, 2.05) is 31.2 Å². The van der Waals surface area contributed by atoms with Crippen LogP contribution in [0.5, 0.6) is 0 Å². The van der Waals surface area contributed by atoms with Gasteiger partial charge in [-0.1, -0.05) is 30.0 Å². The zero-order valence-corrected chi connectivity index (χ0v) is 15.3. The van der Waals surface area contributed by atoms with Crippen molar-refractivity contribution in [3.05, 3.63) is 46.4 Å². The van der Waals surface area contributed by atoms with E-state index < -0.39 is 0 Å². The number of para-hydroxylation sites is 1. The quantitative estimate of drug-likeness (QED) is 0.367. The predicted octanol–water partition coefficient (Wildman–Crippen LogP) is 1.27. The standard InChI is InChI=1S/C17H19N5O3S/c1-11-5-3-4-6-13(11)22-15-12(9-19-22)16(24)21-17(20-15)26-10-14(23)18-7-8-25-2/h3-6,9H,7-8,10H2,1-2H3,(H,18,23)(H,20,21,24). The Labute approximate surface area is 154 Å². The minimum absolute atomic E-state index is 0.149. The summed E-state index contributed by atoms with van der Waals surface area (Å²) in [4.78, 5) is 31.3. The van der Waals surface area contributed by atoms with E-state index in [4.69, 9.17) is 4.74 Å². The summed E-state index contributed by atoms with van der Waals surface area (Å²) in [5, 5.41) is 7.81. The van der Waals surface area contributed by atoms with Gasteiger partial charge in [0.2, 0.25) is 5.91 Å². The second-order valence-electron chi connectivity index (χ2n) is 5.58. The number of nitrogens with zero attached hydrogens (tertiary/aromatic N) is 3. The Hall–Kier alpha value is -2.65. The second kappa shape index (κ2) is 8.15. The minimum atomic E-state index is -0.280. The van der Waals surface area contributed by atoms with Crippen molar-refractivity contribution in [3.8, 4) is 5.69 Å². The summed E-state index contributed by atoms with van der Waals surface area (Å²) in [5.41, 5.74) is 2.06. The molecule has 3 rings (SSSR count). The molecule has 0 fully saturated rings. The van der Waals surface area contributed by atoms with Crippen molar-refractivity contribution < 1.29 is 9.53 Å². The fourth-order valence-corrected chi connectivity index (χ4v) is 3.11. The van der Waals surface area contributed by atoms with Crippen LogP contribution in [0.25, 0.3) is 16.7 Å². The summed E-state index contributed by atoms with van der Waals surface area (Å²) >= 11 is 1.17. The molecule has 0 bridgehead atoms. The molecule has 3 aromatic rings. The highest BCUT2D eigenvalue weighted by Gasteiger charge is 2.13. The zero-order chi connectivity index (χ0) is 18.5. The number of ether oxygens (including phenoxy) is 1. The van der Waals surface area contributed by atoms with Crippen molar-refractivity contribution in [1.29, 1.82) is 0 Å². The number of fused-ring (bicyclic) bond motifs is 1. The molecule has 9 heteroatoms. The van der Waals surface area contributed by atoms with E-state index in [-0.39, 0.29) is 17.2 Å². The molecule has 0 spiro atoms. The first kappa shape index (κ1) is 18.2. The Kier molecular flexibility index (Phi) is 5.69. The van der Waals surface area contributed by atoms with Gasteiger partial charge in [0.15, 0.2) is 10.8 Å². The van der Waals surface area contributed by atoms with Crippen molar-refractivity contribution in [2.75, 3.05) is 26.0 Å². The highest BCUT2D eigenvalue weighted by atomic mass is 32.2. The number of H-pyrrole nitrogens is 1. The minimum Gasteiger partial charge on any atom is -0.383 e. The summed E-state index contributed by atoms with van der Waals surface area (Å²) in [7, 11) is 1.57. The molecule has 2 heterocycles. The first-order valence-corrected chi connectivity index (χ1v) is 9.01. The largest absolute Gasteiger partial charge is 0.383 e. The molecule has 0 aliphatic rings. The maximum Gasteiger partial charge on any atom is 0.262 e. The molecule has 1 amide bonds. The summed E-state index contributed by atoms with van der Waals surface area (Å²) < 4.78 is 6.53. The van der Waals surface area contributed by atoms with Crippen LogP contribution in [0.4, 0.5) is 0 Å². The number of aromatic nitrogens is 4. The van der Waals surface area contributed by atoms with Crippen molar-refractivity contribution >= 4 is 28.7 Å². The molecule has 0 saturated heterocycles. The number of nitrogens with one attached hydrogen (secondary N) is 2. The lowest BCUT2D eigenvalue weighted by molar-refractivity contribution is -0.118. The topological polar surface area (TPSA) is 102 Å². The van der Waals surface area contributed by atoms with Crippen LogP contribution in [0.3, 0.4) is 0 Å². The van der Waals surface area contributed by atoms with Crippen LogP contribution in [0.1, 0.15) is 5.56 Å². The van der Waals surface area contributed by atoms with Gasteiger partial charge in [-0.3, -0.25) is 9.59 Å². The molecular weight excluding hydrogens is 354 g/mol. The van der Waals surface area contributed by atoms with Crippen molar-refractivity contribution in [1.82, 2.24) is 25.1 Å². The molecule has 136 valence electrons. The molecule has 26 heavy (non-hydrogen) atoms. The van der Waals surface area contributed by atoms with Gasteiger partial charge in [-0.05, 0) is 18.6 Å². The summed E-state index contributed by atoms with van der Waals surface area (Å²) in [6.45, 7) is 2.86. The fraction of sp³-hybridized carbons (Fsp3) is 0.294. The number of rotatable bonds is 7. The summed E-state index contributed by atoms with van der Waals surface area (Å²) in [6.07, 6.45) is 1.50. The van der Waals surface area contributed by atoms with E-state index in [2.05, 4.69) is 20.4 Å². The Balaban J connectivity index is 1.85. The highest BCUT2D eigenvalue weighted by molar-refractivity contribution is 7.99. The van der Waals surface area contributed by atoms with E-state index in [0.29, 0.717) is 29.3 Å². The fourth-order valence-electron chi connectivity index (χ4n) is 2.42. The number of thioether (sulfide) groups is 1. The maximum absolute atomic E-state index is 12.3. The SMILES string of the molecule is COCCNC(=O)CSc1nc2c(cnn2-c2ccccc2C)c(=O)[nH]1. The van der Waals surface area contributed by atoms with Crippen LogP contribution < -0.4 is 10.9 Å². The van der Waals surface area contributed by atoms with Crippen LogP contribution in [0.2, 0.25) is 0 Å². The van der Waals surface area contributed by atoms with Gasteiger partial charge in [-0.2, -0.15) is 5.10 Å². The zero-order valence-electron chi connectivity index (χ0n) is 14.5. The Bertz CT molecular complexity index is 982. The molecule has 0 unspecified atom stereocenters. The van der Waals surface area contributed by atoms with Crippen LogP contribution in [0.15, 0.2) is 40.4 Å². The normalized spacial score (nSPS) is 11.0. The Morgan fingerprint density at radius 2 is 2.19 bits per heavy atom. The Morgan fingerprint density at radius 1 is 1.38 bits per heavy atom. The average molecular weight is 373 g/mol. The molecule has 8 nitrogen and oxygen atoms in total. The molecule has 2 N–H and O–H groups in total. The van der Waals surface area contributed by atoms with E-state index in [1.54, 1.807) is 11.8 Å². The lowest BCUT2D eigenvalue weighted by Crippen LogP contribution is -2.28. The van der Waals surface area contributed by atoms with E-state index in [9.17, 15) is 9.59 Å². The lowest BCUT2D eigenvalue weighted by Gasteiger charge is -2.07. The first-order valence-electron chi connectivity index (χ1n) is 8.02. The number of amides is 1. The second-order valence-corrected chi connectivity index (χ2v) is 6.55. The van der Waals surface area contributed by atoms with Crippen LogP contribution >= 0.6 is 11.8 Å². The molecular formula is C17H19N5O3S. The van der Waals surface area contributed by atoms with Crippen LogP contribution in [-0.4, -0.2) is 51.7 Å². The number of aryl methyl sites for hydroxylation is 1.